The molecule has 3 rings (SSSR count). The van der Waals surface area contributed by atoms with Gasteiger partial charge in [-0.25, -0.2) is 13.8 Å². The maximum absolute atomic E-state index is 13.5. The van der Waals surface area contributed by atoms with E-state index in [1.165, 1.54) is 6.07 Å². The average molecular weight is 302 g/mol. The lowest BCUT2D eigenvalue weighted by molar-refractivity contribution is -0.115. The number of oxazole rings is 1. The molecule has 4 nitrogen and oxygen atoms in total. The molecule has 0 fully saturated rings. The number of para-hydroxylation sites is 1. The number of benzene rings is 2. The quantitative estimate of drug-likeness (QED) is 0.804. The molecule has 1 N–H and O–H groups in total. The van der Waals surface area contributed by atoms with Gasteiger partial charge in [0.2, 0.25) is 5.91 Å². The van der Waals surface area contributed by atoms with Crippen molar-refractivity contribution in [1.82, 2.24) is 4.98 Å². The second-order valence-corrected chi connectivity index (χ2v) is 4.86. The Morgan fingerprint density at radius 3 is 2.68 bits per heavy atom. The molecule has 2 aromatic carbocycles. The van der Waals surface area contributed by atoms with Crippen LogP contribution in [0.1, 0.15) is 11.5 Å². The van der Waals surface area contributed by atoms with Crippen molar-refractivity contribution in [2.45, 2.75) is 13.3 Å². The summed E-state index contributed by atoms with van der Waals surface area (Å²) in [5, 5.41) is 2.25. The smallest absolute Gasteiger partial charge is 0.228 e. The zero-order chi connectivity index (χ0) is 15.7. The molecule has 0 radical (unpaired) electrons. The number of hydrogen-bond acceptors (Lipinski definition) is 3. The van der Waals surface area contributed by atoms with Gasteiger partial charge in [0.05, 0.1) is 6.42 Å². The molecule has 1 aromatic heterocycles. The Bertz CT molecular complexity index is 838. The zero-order valence-corrected chi connectivity index (χ0v) is 11.7. The molecule has 0 aliphatic carbocycles. The van der Waals surface area contributed by atoms with E-state index in [9.17, 15) is 13.6 Å². The summed E-state index contributed by atoms with van der Waals surface area (Å²) in [5.74, 6) is -1.60. The molecule has 6 heteroatoms. The Balaban J connectivity index is 1.78. The van der Waals surface area contributed by atoms with E-state index in [1.807, 2.05) is 0 Å². The van der Waals surface area contributed by atoms with Crippen molar-refractivity contribution in [1.29, 1.82) is 0 Å². The predicted molar refractivity (Wildman–Crippen MR) is 77.4 cm³/mol. The number of nitrogens with one attached hydrogen (secondary N) is 1. The molecule has 0 unspecified atom stereocenters. The molecular weight excluding hydrogens is 290 g/mol. The maximum atomic E-state index is 13.5. The second-order valence-electron chi connectivity index (χ2n) is 4.86. The molecule has 0 atom stereocenters. The minimum atomic E-state index is -0.810. The fourth-order valence-electron chi connectivity index (χ4n) is 2.18. The highest BCUT2D eigenvalue weighted by Crippen LogP contribution is 2.20. The van der Waals surface area contributed by atoms with Crippen LogP contribution >= 0.6 is 0 Å². The Hall–Kier alpha value is -2.76. The number of anilines is 1. The van der Waals surface area contributed by atoms with Gasteiger partial charge in [-0.1, -0.05) is 12.1 Å². The van der Waals surface area contributed by atoms with Crippen LogP contribution in [0, 0.1) is 18.6 Å². The first-order chi connectivity index (χ1) is 10.5. The number of aryl methyl sites for hydroxylation is 1. The molecule has 112 valence electrons. The van der Waals surface area contributed by atoms with Crippen molar-refractivity contribution in [2.24, 2.45) is 0 Å². The lowest BCUT2D eigenvalue weighted by Gasteiger charge is -2.07. The Morgan fingerprint density at radius 1 is 1.23 bits per heavy atom. The molecular formula is C16H12F2N2O2. The highest BCUT2D eigenvalue weighted by Gasteiger charge is 2.13. The largest absolute Gasteiger partial charge is 0.441 e. The van der Waals surface area contributed by atoms with E-state index in [0.717, 1.165) is 12.1 Å². The van der Waals surface area contributed by atoms with Crippen LogP contribution in [-0.4, -0.2) is 10.9 Å². The average Bonchev–Trinajstić information content (AvgIpc) is 2.82. The highest BCUT2D eigenvalue weighted by atomic mass is 19.1. The molecule has 3 aromatic rings. The maximum Gasteiger partial charge on any atom is 0.228 e. The van der Waals surface area contributed by atoms with Crippen molar-refractivity contribution >= 4 is 22.7 Å². The van der Waals surface area contributed by atoms with Gasteiger partial charge in [-0.2, -0.15) is 0 Å². The Kier molecular flexibility index (Phi) is 3.58. The number of fused-ring (bicyclic) bond motifs is 1. The summed E-state index contributed by atoms with van der Waals surface area (Å²) >= 11 is 0. The number of hydrogen-bond donors (Lipinski definition) is 1. The van der Waals surface area contributed by atoms with Crippen LogP contribution in [0.5, 0.6) is 0 Å². The molecule has 0 bridgehead atoms. The Labute approximate surface area is 124 Å². The summed E-state index contributed by atoms with van der Waals surface area (Å²) in [6.45, 7) is 1.73. The number of aromatic nitrogens is 1. The van der Waals surface area contributed by atoms with Gasteiger partial charge >= 0.3 is 0 Å². The number of rotatable bonds is 3. The molecule has 1 heterocycles. The van der Waals surface area contributed by atoms with Gasteiger partial charge in [-0.15, -0.1) is 0 Å². The van der Waals surface area contributed by atoms with Gasteiger partial charge in [-0.05, 0) is 29.8 Å². The van der Waals surface area contributed by atoms with Crippen molar-refractivity contribution in [3.8, 4) is 0 Å². The van der Waals surface area contributed by atoms with E-state index in [4.69, 9.17) is 4.42 Å². The van der Waals surface area contributed by atoms with Gasteiger partial charge in [0.1, 0.15) is 22.8 Å². The normalized spacial score (nSPS) is 10.9. The van der Waals surface area contributed by atoms with Crippen molar-refractivity contribution < 1.29 is 18.0 Å². The van der Waals surface area contributed by atoms with Gasteiger partial charge in [0.15, 0.2) is 11.5 Å². The van der Waals surface area contributed by atoms with E-state index in [-0.39, 0.29) is 6.42 Å². The highest BCUT2D eigenvalue weighted by molar-refractivity contribution is 5.93. The second kappa shape index (κ2) is 5.55. The summed E-state index contributed by atoms with van der Waals surface area (Å²) in [5.41, 5.74) is 1.49. The van der Waals surface area contributed by atoms with Crippen LogP contribution in [0.2, 0.25) is 0 Å². The topological polar surface area (TPSA) is 55.1 Å². The van der Waals surface area contributed by atoms with Crippen molar-refractivity contribution in [3.05, 3.63) is 59.5 Å². The van der Waals surface area contributed by atoms with Crippen LogP contribution in [0.25, 0.3) is 11.1 Å². The summed E-state index contributed by atoms with van der Waals surface area (Å²) in [6, 6.07) is 8.55. The number of halogens is 2. The lowest BCUT2D eigenvalue weighted by Crippen LogP contribution is -2.16. The molecule has 0 saturated carbocycles. The van der Waals surface area contributed by atoms with E-state index in [1.54, 1.807) is 25.1 Å². The van der Waals surface area contributed by atoms with Gasteiger partial charge in [0, 0.05) is 6.92 Å². The van der Waals surface area contributed by atoms with Crippen LogP contribution in [-0.2, 0) is 11.2 Å². The van der Waals surface area contributed by atoms with E-state index in [2.05, 4.69) is 10.3 Å². The summed E-state index contributed by atoms with van der Waals surface area (Å²) in [4.78, 5) is 16.1. The third-order valence-corrected chi connectivity index (χ3v) is 3.15. The molecule has 0 aliphatic rings. The SMILES string of the molecule is Cc1nc2ccc(CC(=O)Nc3c(F)cccc3F)cc2o1. The fourth-order valence-corrected chi connectivity index (χ4v) is 2.18. The first-order valence-corrected chi connectivity index (χ1v) is 6.63. The minimum absolute atomic E-state index is 0.0243. The van der Waals surface area contributed by atoms with E-state index < -0.39 is 23.2 Å². The number of nitrogens with zero attached hydrogens (tertiary/aromatic N) is 1. The number of amides is 1. The monoisotopic (exact) mass is 302 g/mol. The van der Waals surface area contributed by atoms with Crippen LogP contribution < -0.4 is 5.32 Å². The van der Waals surface area contributed by atoms with E-state index in [0.29, 0.717) is 22.6 Å². The first-order valence-electron chi connectivity index (χ1n) is 6.63. The van der Waals surface area contributed by atoms with Gasteiger partial charge in [-0.3, -0.25) is 4.79 Å². The summed E-state index contributed by atoms with van der Waals surface area (Å²) in [6.07, 6.45) is -0.0243. The molecule has 0 saturated heterocycles. The van der Waals surface area contributed by atoms with Crippen molar-refractivity contribution in [2.75, 3.05) is 5.32 Å². The van der Waals surface area contributed by atoms with Crippen LogP contribution in [0.4, 0.5) is 14.5 Å². The molecule has 0 aliphatic heterocycles. The van der Waals surface area contributed by atoms with Gasteiger partial charge in [0.25, 0.3) is 0 Å². The molecule has 0 spiro atoms. The fraction of sp³-hybridized carbons (Fsp3) is 0.125. The standard InChI is InChI=1S/C16H12F2N2O2/c1-9-19-13-6-5-10(7-14(13)22-9)8-15(21)20-16-11(17)3-2-4-12(16)18/h2-7H,8H2,1H3,(H,20,21). The van der Waals surface area contributed by atoms with Crippen LogP contribution in [0.15, 0.2) is 40.8 Å². The number of carbonyl (C=O) groups is 1. The summed E-state index contributed by atoms with van der Waals surface area (Å²) < 4.78 is 32.3. The minimum Gasteiger partial charge on any atom is -0.441 e. The third-order valence-electron chi connectivity index (χ3n) is 3.15. The molecule has 22 heavy (non-hydrogen) atoms. The van der Waals surface area contributed by atoms with Gasteiger partial charge < -0.3 is 9.73 Å². The van der Waals surface area contributed by atoms with E-state index >= 15 is 0 Å². The summed E-state index contributed by atoms with van der Waals surface area (Å²) in [7, 11) is 0. The molecule has 1 amide bonds. The first kappa shape index (κ1) is 14.2. The third kappa shape index (κ3) is 2.81. The predicted octanol–water partition coefficient (Wildman–Crippen LogP) is 3.60. The van der Waals surface area contributed by atoms with Crippen molar-refractivity contribution in [3.63, 3.8) is 0 Å². The number of carbonyl (C=O) groups excluding carboxylic acids is 1. The Morgan fingerprint density at radius 2 is 1.95 bits per heavy atom. The lowest BCUT2D eigenvalue weighted by atomic mass is 10.1. The zero-order valence-electron chi connectivity index (χ0n) is 11.7. The van der Waals surface area contributed by atoms with Crippen LogP contribution in [0.3, 0.4) is 0 Å².